The molecule has 0 aromatic heterocycles. The molecule has 1 N–H and O–H groups in total. The summed E-state index contributed by atoms with van der Waals surface area (Å²) in [5, 5.41) is 3.81. The summed E-state index contributed by atoms with van der Waals surface area (Å²) in [5.74, 6) is 3.22. The summed E-state index contributed by atoms with van der Waals surface area (Å²) < 4.78 is 0. The third-order valence-electron chi connectivity index (χ3n) is 5.01. The SMILES string of the molecule is CCCNC(CC1CC2CCC1C2)CC(C)(C)C. The van der Waals surface area contributed by atoms with E-state index in [4.69, 9.17) is 0 Å². The minimum absolute atomic E-state index is 0.461. The van der Waals surface area contributed by atoms with Gasteiger partial charge in [-0.25, -0.2) is 0 Å². The summed E-state index contributed by atoms with van der Waals surface area (Å²) in [7, 11) is 0. The fraction of sp³-hybridized carbons (Fsp3) is 1.00. The van der Waals surface area contributed by atoms with Gasteiger partial charge in [-0.15, -0.1) is 0 Å². The van der Waals surface area contributed by atoms with Crippen LogP contribution in [0.15, 0.2) is 0 Å². The van der Waals surface area contributed by atoms with Crippen LogP contribution in [0.25, 0.3) is 0 Å². The molecule has 4 unspecified atom stereocenters. The van der Waals surface area contributed by atoms with Gasteiger partial charge in [-0.2, -0.15) is 0 Å². The van der Waals surface area contributed by atoms with Gasteiger partial charge >= 0.3 is 0 Å². The van der Waals surface area contributed by atoms with Crippen LogP contribution in [0.2, 0.25) is 0 Å². The van der Waals surface area contributed by atoms with E-state index in [0.29, 0.717) is 5.41 Å². The van der Waals surface area contributed by atoms with Crippen molar-refractivity contribution in [1.82, 2.24) is 5.32 Å². The fourth-order valence-corrected chi connectivity index (χ4v) is 4.36. The maximum Gasteiger partial charge on any atom is 0.00747 e. The Kier molecular flexibility index (Phi) is 4.75. The molecule has 2 bridgehead atoms. The maximum absolute atomic E-state index is 3.81. The summed E-state index contributed by atoms with van der Waals surface area (Å²) >= 11 is 0. The Labute approximate surface area is 114 Å². The zero-order valence-corrected chi connectivity index (χ0v) is 13.0. The maximum atomic E-state index is 3.81. The molecule has 0 aliphatic heterocycles. The molecule has 0 aromatic carbocycles. The van der Waals surface area contributed by atoms with Gasteiger partial charge in [-0.05, 0) is 68.2 Å². The highest BCUT2D eigenvalue weighted by molar-refractivity contribution is 4.92. The highest BCUT2D eigenvalue weighted by Gasteiger charge is 2.40. The van der Waals surface area contributed by atoms with Gasteiger partial charge in [0.15, 0.2) is 0 Å². The van der Waals surface area contributed by atoms with E-state index in [1.165, 1.54) is 38.6 Å². The van der Waals surface area contributed by atoms with Gasteiger partial charge < -0.3 is 5.32 Å². The summed E-state index contributed by atoms with van der Waals surface area (Å²) in [6.45, 7) is 10.6. The van der Waals surface area contributed by atoms with E-state index in [1.54, 1.807) is 12.8 Å². The van der Waals surface area contributed by atoms with Crippen molar-refractivity contribution in [2.45, 2.75) is 78.7 Å². The van der Waals surface area contributed by atoms with Crippen molar-refractivity contribution in [1.29, 1.82) is 0 Å². The van der Waals surface area contributed by atoms with Crippen LogP contribution >= 0.6 is 0 Å². The Morgan fingerprint density at radius 1 is 1.17 bits per heavy atom. The molecule has 0 radical (unpaired) electrons. The predicted octanol–water partition coefficient (Wildman–Crippen LogP) is 4.62. The van der Waals surface area contributed by atoms with E-state index in [-0.39, 0.29) is 0 Å². The van der Waals surface area contributed by atoms with Gasteiger partial charge in [0.25, 0.3) is 0 Å². The third-order valence-corrected chi connectivity index (χ3v) is 5.01. The normalized spacial score (nSPS) is 33.0. The molecule has 0 amide bonds. The van der Waals surface area contributed by atoms with Crippen LogP contribution in [-0.2, 0) is 0 Å². The van der Waals surface area contributed by atoms with E-state index in [1.807, 2.05) is 0 Å². The zero-order chi connectivity index (χ0) is 13.2. The molecule has 4 atom stereocenters. The minimum atomic E-state index is 0.461. The van der Waals surface area contributed by atoms with Crippen LogP contribution in [0.1, 0.15) is 72.6 Å². The van der Waals surface area contributed by atoms with Crippen LogP contribution in [0.3, 0.4) is 0 Å². The second-order valence-electron chi connectivity index (χ2n) is 8.09. The Morgan fingerprint density at radius 3 is 2.44 bits per heavy atom. The average Bonchev–Trinajstić information content (AvgIpc) is 2.85. The molecule has 2 rings (SSSR count). The summed E-state index contributed by atoms with van der Waals surface area (Å²) in [6.07, 6.45) is 10.2. The third kappa shape index (κ3) is 3.98. The average molecular weight is 251 g/mol. The Hall–Kier alpha value is -0.0400. The van der Waals surface area contributed by atoms with Gasteiger partial charge in [0.1, 0.15) is 0 Å². The highest BCUT2D eigenvalue weighted by atomic mass is 14.9. The molecule has 1 heteroatoms. The molecule has 0 aromatic rings. The monoisotopic (exact) mass is 251 g/mol. The van der Waals surface area contributed by atoms with E-state index in [0.717, 1.165) is 23.8 Å². The molecule has 18 heavy (non-hydrogen) atoms. The minimum Gasteiger partial charge on any atom is -0.314 e. The van der Waals surface area contributed by atoms with Crippen molar-refractivity contribution >= 4 is 0 Å². The first-order chi connectivity index (χ1) is 8.48. The number of hydrogen-bond donors (Lipinski definition) is 1. The van der Waals surface area contributed by atoms with E-state index in [2.05, 4.69) is 33.0 Å². The van der Waals surface area contributed by atoms with Crippen molar-refractivity contribution < 1.29 is 0 Å². The molecule has 0 spiro atoms. The molecule has 2 fully saturated rings. The number of nitrogens with one attached hydrogen (secondary N) is 1. The highest BCUT2D eigenvalue weighted by Crippen LogP contribution is 2.50. The summed E-state index contributed by atoms with van der Waals surface area (Å²) in [5.41, 5.74) is 0.461. The first-order valence-corrected chi connectivity index (χ1v) is 8.21. The van der Waals surface area contributed by atoms with Gasteiger partial charge in [0.2, 0.25) is 0 Å². The lowest BCUT2D eigenvalue weighted by molar-refractivity contribution is 0.232. The van der Waals surface area contributed by atoms with E-state index in [9.17, 15) is 0 Å². The second kappa shape index (κ2) is 5.94. The van der Waals surface area contributed by atoms with Crippen LogP contribution in [0, 0.1) is 23.2 Å². The largest absolute Gasteiger partial charge is 0.314 e. The molecule has 0 heterocycles. The molecular weight excluding hydrogens is 218 g/mol. The topological polar surface area (TPSA) is 12.0 Å². The molecule has 2 aliphatic rings. The number of fused-ring (bicyclic) bond motifs is 2. The molecular formula is C17H33N. The van der Waals surface area contributed by atoms with E-state index >= 15 is 0 Å². The Morgan fingerprint density at radius 2 is 1.94 bits per heavy atom. The Bertz CT molecular complexity index is 253. The quantitative estimate of drug-likeness (QED) is 0.726. The lowest BCUT2D eigenvalue weighted by atomic mass is 9.79. The van der Waals surface area contributed by atoms with Crippen LogP contribution < -0.4 is 5.32 Å². The summed E-state index contributed by atoms with van der Waals surface area (Å²) in [6, 6.07) is 0.759. The predicted molar refractivity (Wildman–Crippen MR) is 79.7 cm³/mol. The lowest BCUT2D eigenvalue weighted by Gasteiger charge is -2.31. The van der Waals surface area contributed by atoms with Crippen molar-refractivity contribution in [3.05, 3.63) is 0 Å². The van der Waals surface area contributed by atoms with Gasteiger partial charge in [-0.3, -0.25) is 0 Å². The Balaban J connectivity index is 1.84. The smallest absolute Gasteiger partial charge is 0.00747 e. The number of hydrogen-bond acceptors (Lipinski definition) is 1. The van der Waals surface area contributed by atoms with E-state index < -0.39 is 0 Å². The van der Waals surface area contributed by atoms with Crippen LogP contribution in [0.4, 0.5) is 0 Å². The van der Waals surface area contributed by atoms with Crippen molar-refractivity contribution in [2.24, 2.45) is 23.2 Å². The van der Waals surface area contributed by atoms with Gasteiger partial charge in [-0.1, -0.05) is 34.1 Å². The molecule has 2 aliphatic carbocycles. The molecule has 2 saturated carbocycles. The zero-order valence-electron chi connectivity index (χ0n) is 13.0. The van der Waals surface area contributed by atoms with Crippen LogP contribution in [-0.4, -0.2) is 12.6 Å². The first kappa shape index (κ1) is 14.4. The lowest BCUT2D eigenvalue weighted by Crippen LogP contribution is -2.36. The standard InChI is InChI=1S/C17H33N/c1-5-8-18-16(12-17(2,3)4)11-15-10-13-6-7-14(15)9-13/h13-16,18H,5-12H2,1-4H3. The molecule has 106 valence electrons. The fourth-order valence-electron chi connectivity index (χ4n) is 4.36. The number of rotatable bonds is 6. The molecule has 0 saturated heterocycles. The first-order valence-electron chi connectivity index (χ1n) is 8.21. The van der Waals surface area contributed by atoms with Crippen molar-refractivity contribution in [3.8, 4) is 0 Å². The molecule has 1 nitrogen and oxygen atoms in total. The van der Waals surface area contributed by atoms with Gasteiger partial charge in [0.05, 0.1) is 0 Å². The van der Waals surface area contributed by atoms with Crippen molar-refractivity contribution in [3.63, 3.8) is 0 Å². The van der Waals surface area contributed by atoms with Crippen LogP contribution in [0.5, 0.6) is 0 Å². The van der Waals surface area contributed by atoms with Gasteiger partial charge in [0, 0.05) is 6.04 Å². The van der Waals surface area contributed by atoms with Crippen molar-refractivity contribution in [2.75, 3.05) is 6.54 Å². The second-order valence-corrected chi connectivity index (χ2v) is 8.09. The summed E-state index contributed by atoms with van der Waals surface area (Å²) in [4.78, 5) is 0.